The number of para-hydroxylation sites is 1. The van der Waals surface area contributed by atoms with E-state index < -0.39 is 5.97 Å². The molecular formula is C17H20N4O3. The molecular weight excluding hydrogens is 308 g/mol. The van der Waals surface area contributed by atoms with E-state index in [9.17, 15) is 9.59 Å². The molecule has 0 radical (unpaired) electrons. The lowest BCUT2D eigenvalue weighted by molar-refractivity contribution is -0.137. The van der Waals surface area contributed by atoms with Gasteiger partial charge in [0.1, 0.15) is 0 Å². The monoisotopic (exact) mass is 328 g/mol. The van der Waals surface area contributed by atoms with E-state index in [4.69, 9.17) is 5.11 Å². The van der Waals surface area contributed by atoms with Crippen LogP contribution in [0.1, 0.15) is 42.6 Å². The molecule has 2 heterocycles. The fourth-order valence-corrected chi connectivity index (χ4v) is 3.07. The Morgan fingerprint density at radius 3 is 2.75 bits per heavy atom. The van der Waals surface area contributed by atoms with E-state index in [0.717, 1.165) is 24.9 Å². The molecule has 24 heavy (non-hydrogen) atoms. The van der Waals surface area contributed by atoms with Crippen LogP contribution in [-0.2, 0) is 4.79 Å². The van der Waals surface area contributed by atoms with Gasteiger partial charge in [-0.2, -0.15) is 0 Å². The fourth-order valence-electron chi connectivity index (χ4n) is 3.07. The molecule has 1 aromatic carbocycles. The van der Waals surface area contributed by atoms with Crippen molar-refractivity contribution in [2.45, 2.75) is 38.1 Å². The molecule has 1 aliphatic heterocycles. The van der Waals surface area contributed by atoms with Gasteiger partial charge in [0.05, 0.1) is 11.9 Å². The lowest BCUT2D eigenvalue weighted by atomic mass is 9.97. The zero-order valence-corrected chi connectivity index (χ0v) is 13.3. The van der Waals surface area contributed by atoms with E-state index in [0.29, 0.717) is 18.7 Å². The van der Waals surface area contributed by atoms with Crippen LogP contribution < -0.4 is 0 Å². The average molecular weight is 328 g/mol. The van der Waals surface area contributed by atoms with Gasteiger partial charge >= 0.3 is 5.97 Å². The Balaban J connectivity index is 1.74. The van der Waals surface area contributed by atoms with Crippen molar-refractivity contribution in [3.05, 3.63) is 42.2 Å². The van der Waals surface area contributed by atoms with E-state index in [1.165, 1.54) is 0 Å². The molecule has 1 N–H and O–H groups in total. The first-order chi connectivity index (χ1) is 11.6. The van der Waals surface area contributed by atoms with Gasteiger partial charge in [-0.05, 0) is 37.8 Å². The highest BCUT2D eigenvalue weighted by Gasteiger charge is 2.29. The number of carbonyl (C=O) groups is 2. The summed E-state index contributed by atoms with van der Waals surface area (Å²) in [6.45, 7) is 0.640. The number of carbonyl (C=O) groups excluding carboxylic acids is 1. The Morgan fingerprint density at radius 1 is 1.21 bits per heavy atom. The van der Waals surface area contributed by atoms with Crippen molar-refractivity contribution in [1.29, 1.82) is 0 Å². The molecule has 0 spiro atoms. The van der Waals surface area contributed by atoms with Crippen LogP contribution in [0.5, 0.6) is 0 Å². The summed E-state index contributed by atoms with van der Waals surface area (Å²) in [7, 11) is 0. The van der Waals surface area contributed by atoms with Gasteiger partial charge in [0.15, 0.2) is 5.69 Å². The first-order valence-corrected chi connectivity index (χ1v) is 8.15. The van der Waals surface area contributed by atoms with Crippen molar-refractivity contribution in [3.63, 3.8) is 0 Å². The Bertz CT molecular complexity index is 714. The third-order valence-corrected chi connectivity index (χ3v) is 4.31. The molecule has 126 valence electrons. The number of rotatable bonds is 5. The van der Waals surface area contributed by atoms with Gasteiger partial charge in [0, 0.05) is 19.0 Å². The number of hydrogen-bond acceptors (Lipinski definition) is 4. The number of hydrogen-bond donors (Lipinski definition) is 1. The van der Waals surface area contributed by atoms with Crippen LogP contribution >= 0.6 is 0 Å². The van der Waals surface area contributed by atoms with Crippen molar-refractivity contribution < 1.29 is 14.7 Å². The van der Waals surface area contributed by atoms with Crippen LogP contribution in [-0.4, -0.2) is 49.5 Å². The topological polar surface area (TPSA) is 88.3 Å². The molecule has 2 aromatic rings. The number of carboxylic acids is 1. The summed E-state index contributed by atoms with van der Waals surface area (Å²) in [5.41, 5.74) is 1.13. The van der Waals surface area contributed by atoms with Crippen molar-refractivity contribution in [3.8, 4) is 5.69 Å². The van der Waals surface area contributed by atoms with Gasteiger partial charge < -0.3 is 10.0 Å². The van der Waals surface area contributed by atoms with Gasteiger partial charge in [0.25, 0.3) is 5.91 Å². The predicted octanol–water partition coefficient (Wildman–Crippen LogP) is 2.13. The molecule has 7 heteroatoms. The largest absolute Gasteiger partial charge is 0.481 e. The molecule has 0 bridgehead atoms. The van der Waals surface area contributed by atoms with E-state index in [1.54, 1.807) is 15.8 Å². The molecule has 3 rings (SSSR count). The van der Waals surface area contributed by atoms with Crippen molar-refractivity contribution >= 4 is 11.9 Å². The average Bonchev–Trinajstić information content (AvgIpc) is 3.10. The smallest absolute Gasteiger partial charge is 0.303 e. The molecule has 1 amide bonds. The van der Waals surface area contributed by atoms with Crippen LogP contribution in [0, 0.1) is 0 Å². The van der Waals surface area contributed by atoms with Crippen LogP contribution in [0.4, 0.5) is 0 Å². The minimum Gasteiger partial charge on any atom is -0.481 e. The Kier molecular flexibility index (Phi) is 4.88. The van der Waals surface area contributed by atoms with E-state index in [-0.39, 0.29) is 18.4 Å². The summed E-state index contributed by atoms with van der Waals surface area (Å²) in [6.07, 6.45) is 4.97. The fraction of sp³-hybridized carbons (Fsp3) is 0.412. The zero-order chi connectivity index (χ0) is 16.9. The van der Waals surface area contributed by atoms with E-state index >= 15 is 0 Å². The highest BCUT2D eigenvalue weighted by molar-refractivity contribution is 5.92. The molecule has 1 unspecified atom stereocenters. The standard InChI is InChI=1S/C17H20N4O3/c22-16(23)10-9-13-6-4-5-11-20(13)17(24)15-12-21(19-18-15)14-7-2-1-3-8-14/h1-3,7-8,12-13H,4-6,9-11H2,(H,22,23). The highest BCUT2D eigenvalue weighted by atomic mass is 16.4. The Morgan fingerprint density at radius 2 is 2.00 bits per heavy atom. The second kappa shape index (κ2) is 7.25. The SMILES string of the molecule is O=C(O)CCC1CCCCN1C(=O)c1cn(-c2ccccc2)nn1. The lowest BCUT2D eigenvalue weighted by Crippen LogP contribution is -2.44. The van der Waals surface area contributed by atoms with Gasteiger partial charge in [-0.1, -0.05) is 23.4 Å². The van der Waals surface area contributed by atoms with E-state index in [2.05, 4.69) is 10.3 Å². The number of piperidine rings is 1. The minimum absolute atomic E-state index is 0.0378. The summed E-state index contributed by atoms with van der Waals surface area (Å²) in [4.78, 5) is 25.3. The number of carboxylic acid groups (broad SMARTS) is 1. The molecule has 0 aliphatic carbocycles. The molecule has 1 aliphatic rings. The second-order valence-electron chi connectivity index (χ2n) is 5.96. The third kappa shape index (κ3) is 3.61. The summed E-state index contributed by atoms with van der Waals surface area (Å²) >= 11 is 0. The van der Waals surface area contributed by atoms with Crippen LogP contribution in [0.25, 0.3) is 5.69 Å². The Labute approximate surface area is 139 Å². The maximum atomic E-state index is 12.8. The number of aliphatic carboxylic acids is 1. The van der Waals surface area contributed by atoms with Crippen molar-refractivity contribution in [2.24, 2.45) is 0 Å². The van der Waals surface area contributed by atoms with Gasteiger partial charge in [-0.25, -0.2) is 4.68 Å². The minimum atomic E-state index is -0.831. The molecule has 7 nitrogen and oxygen atoms in total. The molecule has 1 saturated heterocycles. The van der Waals surface area contributed by atoms with Crippen LogP contribution in [0.2, 0.25) is 0 Å². The maximum absolute atomic E-state index is 12.8. The van der Waals surface area contributed by atoms with Gasteiger partial charge in [-0.15, -0.1) is 5.10 Å². The highest BCUT2D eigenvalue weighted by Crippen LogP contribution is 2.22. The number of amides is 1. The summed E-state index contributed by atoms with van der Waals surface area (Å²) in [6, 6.07) is 9.44. The third-order valence-electron chi connectivity index (χ3n) is 4.31. The summed E-state index contributed by atoms with van der Waals surface area (Å²) in [5.74, 6) is -1.00. The first-order valence-electron chi connectivity index (χ1n) is 8.15. The summed E-state index contributed by atoms with van der Waals surface area (Å²) < 4.78 is 1.57. The molecule has 0 saturated carbocycles. The van der Waals surface area contributed by atoms with Crippen molar-refractivity contribution in [1.82, 2.24) is 19.9 Å². The molecule has 1 fully saturated rings. The zero-order valence-electron chi connectivity index (χ0n) is 13.3. The number of aromatic nitrogens is 3. The number of benzene rings is 1. The summed E-state index contributed by atoms with van der Waals surface area (Å²) in [5, 5.41) is 16.9. The molecule has 1 atom stereocenters. The van der Waals surface area contributed by atoms with Crippen LogP contribution in [0.15, 0.2) is 36.5 Å². The quantitative estimate of drug-likeness (QED) is 0.908. The first kappa shape index (κ1) is 16.2. The lowest BCUT2D eigenvalue weighted by Gasteiger charge is -2.35. The van der Waals surface area contributed by atoms with Gasteiger partial charge in [0.2, 0.25) is 0 Å². The predicted molar refractivity (Wildman–Crippen MR) is 86.9 cm³/mol. The van der Waals surface area contributed by atoms with Crippen molar-refractivity contribution in [2.75, 3.05) is 6.54 Å². The number of likely N-dealkylation sites (tertiary alicyclic amines) is 1. The maximum Gasteiger partial charge on any atom is 0.303 e. The van der Waals surface area contributed by atoms with Gasteiger partial charge in [-0.3, -0.25) is 9.59 Å². The second-order valence-corrected chi connectivity index (χ2v) is 5.96. The van der Waals surface area contributed by atoms with E-state index in [1.807, 2.05) is 30.3 Å². The van der Waals surface area contributed by atoms with Crippen LogP contribution in [0.3, 0.4) is 0 Å². The molecule has 1 aromatic heterocycles. The normalized spacial score (nSPS) is 17.7. The Hall–Kier alpha value is -2.70. The number of nitrogens with zero attached hydrogens (tertiary/aromatic N) is 4.